The van der Waals surface area contributed by atoms with Crippen molar-refractivity contribution in [3.8, 4) is 17.3 Å². The van der Waals surface area contributed by atoms with Crippen molar-refractivity contribution in [3.05, 3.63) is 24.8 Å². The van der Waals surface area contributed by atoms with Gasteiger partial charge in [-0.25, -0.2) is 15.0 Å². The van der Waals surface area contributed by atoms with Crippen LogP contribution in [0, 0.1) is 0 Å². The number of rotatable bonds is 4. The highest BCUT2D eigenvalue weighted by atomic mass is 16.5. The first-order valence-electron chi connectivity index (χ1n) is 5.26. The summed E-state index contributed by atoms with van der Waals surface area (Å²) in [4.78, 5) is 16.8. The first kappa shape index (κ1) is 11.3. The molecule has 0 aliphatic rings. The van der Waals surface area contributed by atoms with Crippen molar-refractivity contribution < 1.29 is 4.74 Å². The molecule has 0 bridgehead atoms. The summed E-state index contributed by atoms with van der Waals surface area (Å²) < 4.78 is 5.14. The van der Waals surface area contributed by atoms with E-state index in [2.05, 4.69) is 25.3 Å². The lowest BCUT2D eigenvalue weighted by atomic mass is 10.3. The van der Waals surface area contributed by atoms with E-state index in [0.29, 0.717) is 23.1 Å². The zero-order chi connectivity index (χ0) is 12.1. The number of ether oxygens (including phenoxy) is 1. The Morgan fingerprint density at radius 3 is 2.82 bits per heavy atom. The molecule has 2 rings (SSSR count). The van der Waals surface area contributed by atoms with E-state index in [9.17, 15) is 0 Å². The van der Waals surface area contributed by atoms with Crippen LogP contribution in [0.5, 0.6) is 5.88 Å². The highest BCUT2D eigenvalue weighted by Crippen LogP contribution is 2.23. The molecule has 0 radical (unpaired) electrons. The molecule has 0 saturated heterocycles. The Morgan fingerprint density at radius 2 is 2.06 bits per heavy atom. The summed E-state index contributed by atoms with van der Waals surface area (Å²) in [5.74, 6) is 1.15. The molecular formula is C11H13N5O. The van der Waals surface area contributed by atoms with Gasteiger partial charge in [-0.3, -0.25) is 4.98 Å². The molecule has 2 aromatic rings. The fourth-order valence-electron chi connectivity index (χ4n) is 1.40. The van der Waals surface area contributed by atoms with Gasteiger partial charge in [0.25, 0.3) is 0 Å². The lowest BCUT2D eigenvalue weighted by Crippen LogP contribution is -2.02. The van der Waals surface area contributed by atoms with Crippen molar-refractivity contribution in [3.63, 3.8) is 0 Å². The molecule has 0 unspecified atom stereocenters. The van der Waals surface area contributed by atoms with E-state index in [1.165, 1.54) is 0 Å². The Balaban J connectivity index is 2.41. The van der Waals surface area contributed by atoms with Crippen LogP contribution < -0.4 is 10.1 Å². The van der Waals surface area contributed by atoms with E-state index < -0.39 is 0 Å². The van der Waals surface area contributed by atoms with Gasteiger partial charge in [0.1, 0.15) is 11.5 Å². The van der Waals surface area contributed by atoms with Gasteiger partial charge in [0.2, 0.25) is 5.88 Å². The molecule has 0 amide bonds. The summed E-state index contributed by atoms with van der Waals surface area (Å²) in [5, 5.41) is 3.09. The normalized spacial score (nSPS) is 10.0. The van der Waals surface area contributed by atoms with Crippen LogP contribution in [0.1, 0.15) is 6.92 Å². The summed E-state index contributed by atoms with van der Waals surface area (Å²) in [6, 6.07) is 0. The van der Waals surface area contributed by atoms with Gasteiger partial charge in [-0.15, -0.1) is 0 Å². The Kier molecular flexibility index (Phi) is 3.44. The minimum absolute atomic E-state index is 0.440. The summed E-state index contributed by atoms with van der Waals surface area (Å²) in [7, 11) is 1.55. The van der Waals surface area contributed by atoms with Crippen molar-refractivity contribution in [1.29, 1.82) is 0 Å². The van der Waals surface area contributed by atoms with Gasteiger partial charge in [0, 0.05) is 18.9 Å². The molecule has 1 N–H and O–H groups in total. The van der Waals surface area contributed by atoms with Crippen molar-refractivity contribution >= 4 is 5.82 Å². The van der Waals surface area contributed by atoms with Gasteiger partial charge >= 0.3 is 0 Å². The SMILES string of the molecule is CCNc1cncc(-c2nccnc2OC)n1. The molecule has 6 nitrogen and oxygen atoms in total. The monoisotopic (exact) mass is 231 g/mol. The molecule has 0 spiro atoms. The quantitative estimate of drug-likeness (QED) is 0.856. The first-order chi connectivity index (χ1) is 8.35. The Labute approximate surface area is 99.1 Å². The van der Waals surface area contributed by atoms with Crippen molar-refractivity contribution in [2.24, 2.45) is 0 Å². The topological polar surface area (TPSA) is 72.8 Å². The molecule has 0 saturated carbocycles. The summed E-state index contributed by atoms with van der Waals surface area (Å²) in [5.41, 5.74) is 1.22. The molecule has 0 atom stereocenters. The third-order valence-electron chi connectivity index (χ3n) is 2.09. The third kappa shape index (κ3) is 2.47. The molecule has 0 fully saturated rings. The lowest BCUT2D eigenvalue weighted by Gasteiger charge is -2.06. The maximum atomic E-state index is 5.14. The second-order valence-electron chi connectivity index (χ2n) is 3.23. The fourth-order valence-corrected chi connectivity index (χ4v) is 1.40. The molecule has 6 heteroatoms. The summed E-state index contributed by atoms with van der Waals surface area (Å²) in [6.07, 6.45) is 6.46. The Morgan fingerprint density at radius 1 is 1.24 bits per heavy atom. The molecule has 0 aliphatic carbocycles. The molecule has 2 aromatic heterocycles. The van der Waals surface area contributed by atoms with Gasteiger partial charge in [0.15, 0.2) is 5.69 Å². The molecular weight excluding hydrogens is 218 g/mol. The maximum Gasteiger partial charge on any atom is 0.242 e. The zero-order valence-electron chi connectivity index (χ0n) is 9.71. The van der Waals surface area contributed by atoms with Gasteiger partial charge in [-0.2, -0.15) is 0 Å². The highest BCUT2D eigenvalue weighted by Gasteiger charge is 2.10. The Hall–Kier alpha value is -2.24. The number of methoxy groups -OCH3 is 1. The van der Waals surface area contributed by atoms with E-state index in [0.717, 1.165) is 6.54 Å². The summed E-state index contributed by atoms with van der Waals surface area (Å²) in [6.45, 7) is 2.78. The van der Waals surface area contributed by atoms with Gasteiger partial charge in [-0.1, -0.05) is 0 Å². The number of aromatic nitrogens is 4. The zero-order valence-corrected chi connectivity index (χ0v) is 9.71. The van der Waals surface area contributed by atoms with Gasteiger partial charge in [-0.05, 0) is 6.92 Å². The minimum Gasteiger partial charge on any atom is -0.479 e. The van der Waals surface area contributed by atoms with Crippen molar-refractivity contribution in [1.82, 2.24) is 19.9 Å². The number of hydrogen-bond acceptors (Lipinski definition) is 6. The van der Waals surface area contributed by atoms with Crippen molar-refractivity contribution in [2.45, 2.75) is 6.92 Å². The van der Waals surface area contributed by atoms with E-state index in [1.807, 2.05) is 6.92 Å². The van der Waals surface area contributed by atoms with Crippen LogP contribution in [-0.2, 0) is 0 Å². The summed E-state index contributed by atoms with van der Waals surface area (Å²) >= 11 is 0. The number of nitrogens with zero attached hydrogens (tertiary/aromatic N) is 4. The highest BCUT2D eigenvalue weighted by molar-refractivity contribution is 5.60. The van der Waals surface area contributed by atoms with E-state index in [4.69, 9.17) is 4.74 Å². The molecule has 88 valence electrons. The second-order valence-corrected chi connectivity index (χ2v) is 3.23. The van der Waals surface area contributed by atoms with Crippen LogP contribution in [0.4, 0.5) is 5.82 Å². The lowest BCUT2D eigenvalue weighted by molar-refractivity contribution is 0.397. The second kappa shape index (κ2) is 5.20. The van der Waals surface area contributed by atoms with E-state index >= 15 is 0 Å². The smallest absolute Gasteiger partial charge is 0.242 e. The predicted octanol–water partition coefficient (Wildman–Crippen LogP) is 1.37. The first-order valence-corrected chi connectivity index (χ1v) is 5.26. The van der Waals surface area contributed by atoms with Crippen LogP contribution in [-0.4, -0.2) is 33.6 Å². The van der Waals surface area contributed by atoms with Crippen LogP contribution in [0.15, 0.2) is 24.8 Å². The van der Waals surface area contributed by atoms with E-state index in [1.54, 1.807) is 31.9 Å². The van der Waals surface area contributed by atoms with E-state index in [-0.39, 0.29) is 0 Å². The number of nitrogens with one attached hydrogen (secondary N) is 1. The van der Waals surface area contributed by atoms with Crippen LogP contribution in [0.25, 0.3) is 11.4 Å². The molecule has 0 aromatic carbocycles. The standard InChI is InChI=1S/C11H13N5O/c1-3-13-9-7-12-6-8(16-9)10-11(17-2)15-5-4-14-10/h4-7H,3H2,1-2H3,(H,13,16). The molecule has 0 aliphatic heterocycles. The number of anilines is 1. The minimum atomic E-state index is 0.440. The Bertz CT molecular complexity index is 503. The predicted molar refractivity (Wildman–Crippen MR) is 63.8 cm³/mol. The average Bonchev–Trinajstić information content (AvgIpc) is 2.39. The van der Waals surface area contributed by atoms with Gasteiger partial charge < -0.3 is 10.1 Å². The van der Waals surface area contributed by atoms with Gasteiger partial charge in [0.05, 0.1) is 19.5 Å². The number of hydrogen-bond donors (Lipinski definition) is 1. The van der Waals surface area contributed by atoms with Crippen molar-refractivity contribution in [2.75, 3.05) is 19.0 Å². The molecule has 17 heavy (non-hydrogen) atoms. The fraction of sp³-hybridized carbons (Fsp3) is 0.273. The average molecular weight is 231 g/mol. The maximum absolute atomic E-state index is 5.14. The molecule has 2 heterocycles. The van der Waals surface area contributed by atoms with Crippen LogP contribution in [0.3, 0.4) is 0 Å². The van der Waals surface area contributed by atoms with Crippen LogP contribution in [0.2, 0.25) is 0 Å². The third-order valence-corrected chi connectivity index (χ3v) is 2.09. The van der Waals surface area contributed by atoms with Crippen LogP contribution >= 0.6 is 0 Å². The largest absolute Gasteiger partial charge is 0.479 e.